The highest BCUT2D eigenvalue weighted by atomic mass is 16.6. The molecule has 1 heterocycles. The molecule has 1 aromatic rings. The highest BCUT2D eigenvalue weighted by molar-refractivity contribution is 5.41. The van der Waals surface area contributed by atoms with Crippen LogP contribution in [0.1, 0.15) is 38.6 Å². The molecule has 0 radical (unpaired) electrons. The lowest BCUT2D eigenvalue weighted by atomic mass is 10.2. The number of nitrogens with zero attached hydrogens (tertiary/aromatic N) is 3. The lowest BCUT2D eigenvalue weighted by Gasteiger charge is -2.09. The average molecular weight is 280 g/mol. The lowest BCUT2D eigenvalue weighted by Crippen LogP contribution is -2.20. The van der Waals surface area contributed by atoms with Crippen LogP contribution in [0.15, 0.2) is 12.2 Å². The van der Waals surface area contributed by atoms with E-state index in [1.54, 1.807) is 4.68 Å². The fourth-order valence-electron chi connectivity index (χ4n) is 2.18. The third kappa shape index (κ3) is 3.90. The molecule has 0 amide bonds. The first-order valence-corrected chi connectivity index (χ1v) is 7.15. The predicted octanol–water partition coefficient (Wildman–Crippen LogP) is 2.47. The minimum absolute atomic E-state index is 0.171. The Hall–Kier alpha value is -1.69. The molecule has 0 fully saturated rings. The van der Waals surface area contributed by atoms with Crippen LogP contribution in [-0.4, -0.2) is 27.8 Å². The summed E-state index contributed by atoms with van der Waals surface area (Å²) >= 11 is 0. The van der Waals surface area contributed by atoms with Gasteiger partial charge in [-0.1, -0.05) is 27.4 Å². The van der Waals surface area contributed by atoms with Gasteiger partial charge in [-0.05, 0) is 31.4 Å². The van der Waals surface area contributed by atoms with Crippen LogP contribution in [0.2, 0.25) is 0 Å². The first kappa shape index (κ1) is 16.4. The van der Waals surface area contributed by atoms with Gasteiger partial charge in [-0.15, -0.1) is 0 Å². The average Bonchev–Trinajstić information content (AvgIpc) is 2.76. The van der Waals surface area contributed by atoms with E-state index in [1.807, 2.05) is 13.8 Å². The first-order valence-electron chi connectivity index (χ1n) is 7.15. The third-order valence-corrected chi connectivity index (χ3v) is 3.13. The van der Waals surface area contributed by atoms with E-state index in [9.17, 15) is 10.1 Å². The summed E-state index contributed by atoms with van der Waals surface area (Å²) in [5.74, 6) is 0. The minimum atomic E-state index is -0.320. The van der Waals surface area contributed by atoms with Crippen molar-refractivity contribution in [2.75, 3.05) is 13.1 Å². The number of hydrogen-bond acceptors (Lipinski definition) is 4. The fraction of sp³-hybridized carbons (Fsp3) is 0.643. The number of nitro groups is 1. The standard InChI is InChI=1S/C14H24N4O2/c1-5-8-15-9-11(4)10-17-13(7-3)14(18(19)20)12(6-2)16-17/h15H,4-10H2,1-3H3. The van der Waals surface area contributed by atoms with E-state index in [-0.39, 0.29) is 10.6 Å². The molecule has 0 bridgehead atoms. The van der Waals surface area contributed by atoms with Gasteiger partial charge in [0.25, 0.3) is 0 Å². The lowest BCUT2D eigenvalue weighted by molar-refractivity contribution is -0.386. The van der Waals surface area contributed by atoms with Crippen molar-refractivity contribution in [1.29, 1.82) is 0 Å². The predicted molar refractivity (Wildman–Crippen MR) is 79.9 cm³/mol. The second kappa shape index (κ2) is 7.79. The van der Waals surface area contributed by atoms with E-state index in [4.69, 9.17) is 0 Å². The molecule has 0 unspecified atom stereocenters. The summed E-state index contributed by atoms with van der Waals surface area (Å²) in [7, 11) is 0. The summed E-state index contributed by atoms with van der Waals surface area (Å²) in [4.78, 5) is 10.9. The number of aromatic nitrogens is 2. The molecule has 20 heavy (non-hydrogen) atoms. The van der Waals surface area contributed by atoms with Crippen LogP contribution < -0.4 is 5.32 Å². The monoisotopic (exact) mass is 280 g/mol. The third-order valence-electron chi connectivity index (χ3n) is 3.13. The summed E-state index contributed by atoms with van der Waals surface area (Å²) in [5.41, 5.74) is 2.39. The van der Waals surface area contributed by atoms with Crippen LogP contribution in [0, 0.1) is 10.1 Å². The van der Waals surface area contributed by atoms with E-state index in [1.165, 1.54) is 0 Å². The summed E-state index contributed by atoms with van der Waals surface area (Å²) in [5, 5.41) is 18.8. The van der Waals surface area contributed by atoms with E-state index >= 15 is 0 Å². The molecule has 0 aliphatic rings. The molecule has 1 aromatic heterocycles. The molecule has 0 saturated heterocycles. The van der Waals surface area contributed by atoms with E-state index in [0.29, 0.717) is 37.3 Å². The smallest absolute Gasteiger partial charge is 0.313 e. The van der Waals surface area contributed by atoms with Crippen LogP contribution in [0.3, 0.4) is 0 Å². The zero-order valence-corrected chi connectivity index (χ0v) is 12.6. The van der Waals surface area contributed by atoms with Gasteiger partial charge in [0.2, 0.25) is 0 Å². The largest absolute Gasteiger partial charge is 0.313 e. The van der Waals surface area contributed by atoms with Crippen LogP contribution in [0.5, 0.6) is 0 Å². The quantitative estimate of drug-likeness (QED) is 0.326. The fourth-order valence-corrected chi connectivity index (χ4v) is 2.18. The topological polar surface area (TPSA) is 73.0 Å². The van der Waals surface area contributed by atoms with Gasteiger partial charge in [-0.2, -0.15) is 5.10 Å². The van der Waals surface area contributed by atoms with Crippen molar-refractivity contribution in [3.8, 4) is 0 Å². The maximum Gasteiger partial charge on any atom is 0.313 e. The number of hydrogen-bond donors (Lipinski definition) is 1. The van der Waals surface area contributed by atoms with Crippen molar-refractivity contribution < 1.29 is 4.92 Å². The van der Waals surface area contributed by atoms with Gasteiger partial charge in [0.15, 0.2) is 0 Å². The molecular weight excluding hydrogens is 256 g/mol. The number of rotatable bonds is 9. The van der Waals surface area contributed by atoms with Gasteiger partial charge in [-0.3, -0.25) is 14.8 Å². The Bertz CT molecular complexity index is 480. The normalized spacial score (nSPS) is 10.8. The summed E-state index contributed by atoms with van der Waals surface area (Å²) < 4.78 is 1.73. The Morgan fingerprint density at radius 3 is 2.60 bits per heavy atom. The van der Waals surface area contributed by atoms with Crippen molar-refractivity contribution in [2.45, 2.75) is 46.6 Å². The SMILES string of the molecule is C=C(CNCCC)Cn1nc(CC)c([N+](=O)[O-])c1CC. The maximum atomic E-state index is 11.2. The first-order chi connectivity index (χ1) is 9.54. The second-order valence-corrected chi connectivity index (χ2v) is 4.79. The van der Waals surface area contributed by atoms with Crippen molar-refractivity contribution in [1.82, 2.24) is 15.1 Å². The Balaban J connectivity index is 2.89. The Morgan fingerprint density at radius 2 is 2.10 bits per heavy atom. The number of aryl methyl sites for hydroxylation is 1. The van der Waals surface area contributed by atoms with E-state index in [2.05, 4.69) is 23.9 Å². The summed E-state index contributed by atoms with van der Waals surface area (Å²) in [6, 6.07) is 0. The van der Waals surface area contributed by atoms with Gasteiger partial charge in [-0.25, -0.2) is 0 Å². The molecule has 0 atom stereocenters. The van der Waals surface area contributed by atoms with Gasteiger partial charge >= 0.3 is 5.69 Å². The van der Waals surface area contributed by atoms with Crippen molar-refractivity contribution in [3.63, 3.8) is 0 Å². The Morgan fingerprint density at radius 1 is 1.40 bits per heavy atom. The molecule has 6 heteroatoms. The Labute approximate surface area is 120 Å². The molecule has 112 valence electrons. The van der Waals surface area contributed by atoms with Crippen molar-refractivity contribution in [2.24, 2.45) is 0 Å². The van der Waals surface area contributed by atoms with E-state index < -0.39 is 0 Å². The maximum absolute atomic E-state index is 11.2. The molecule has 1 N–H and O–H groups in total. The van der Waals surface area contributed by atoms with Crippen LogP contribution >= 0.6 is 0 Å². The molecule has 1 rings (SSSR count). The minimum Gasteiger partial charge on any atom is -0.313 e. The molecule has 0 aromatic carbocycles. The molecule has 6 nitrogen and oxygen atoms in total. The van der Waals surface area contributed by atoms with Crippen molar-refractivity contribution in [3.05, 3.63) is 33.7 Å². The molecule has 0 aliphatic carbocycles. The van der Waals surface area contributed by atoms with Crippen LogP contribution in [-0.2, 0) is 19.4 Å². The molecule has 0 saturated carbocycles. The molecular formula is C14H24N4O2. The Kier molecular flexibility index (Phi) is 6.38. The second-order valence-electron chi connectivity index (χ2n) is 4.79. The molecule has 0 spiro atoms. The highest BCUT2D eigenvalue weighted by Crippen LogP contribution is 2.25. The summed E-state index contributed by atoms with van der Waals surface area (Å²) in [6.45, 7) is 12.1. The highest BCUT2D eigenvalue weighted by Gasteiger charge is 2.25. The van der Waals surface area contributed by atoms with Gasteiger partial charge < -0.3 is 5.32 Å². The zero-order valence-electron chi connectivity index (χ0n) is 12.6. The van der Waals surface area contributed by atoms with Crippen LogP contribution in [0.4, 0.5) is 5.69 Å². The van der Waals surface area contributed by atoms with Gasteiger partial charge in [0.05, 0.1) is 11.5 Å². The van der Waals surface area contributed by atoms with Crippen molar-refractivity contribution >= 4 is 5.69 Å². The van der Waals surface area contributed by atoms with Gasteiger partial charge in [0, 0.05) is 6.54 Å². The zero-order chi connectivity index (χ0) is 15.1. The van der Waals surface area contributed by atoms with E-state index in [0.717, 1.165) is 18.5 Å². The van der Waals surface area contributed by atoms with Crippen LogP contribution in [0.25, 0.3) is 0 Å². The number of nitrogens with one attached hydrogen (secondary N) is 1. The molecule has 0 aliphatic heterocycles. The summed E-state index contributed by atoms with van der Waals surface area (Å²) in [6.07, 6.45) is 2.23. The van der Waals surface area contributed by atoms with Gasteiger partial charge in [0.1, 0.15) is 11.4 Å².